The van der Waals surface area contributed by atoms with Crippen molar-refractivity contribution in [2.75, 3.05) is 5.32 Å². The molecule has 0 aliphatic rings. The minimum absolute atomic E-state index is 0.0979. The molecule has 0 radical (unpaired) electrons. The van der Waals surface area contributed by atoms with Crippen LogP contribution < -0.4 is 5.32 Å². The zero-order valence-electron chi connectivity index (χ0n) is 20.1. The van der Waals surface area contributed by atoms with Crippen molar-refractivity contribution in [2.45, 2.75) is 59.0 Å². The van der Waals surface area contributed by atoms with Crippen LogP contribution in [0.3, 0.4) is 0 Å². The monoisotopic (exact) mass is 488 g/mol. The van der Waals surface area contributed by atoms with Gasteiger partial charge in [0.25, 0.3) is 0 Å². The Labute approximate surface area is 210 Å². The minimum Gasteiger partial charge on any atom is -0.310 e. The summed E-state index contributed by atoms with van der Waals surface area (Å²) in [6.07, 6.45) is 3.17. The number of hydrogen-bond donors (Lipinski definition) is 1. The minimum atomic E-state index is -0.0979. The summed E-state index contributed by atoms with van der Waals surface area (Å²) in [6, 6.07) is 18.1. The van der Waals surface area contributed by atoms with Gasteiger partial charge in [0.2, 0.25) is 11.9 Å². The van der Waals surface area contributed by atoms with Gasteiger partial charge in [-0.3, -0.25) is 14.8 Å². The van der Waals surface area contributed by atoms with Gasteiger partial charge < -0.3 is 4.57 Å². The van der Waals surface area contributed by atoms with Crippen molar-refractivity contribution in [3.8, 4) is 6.07 Å². The van der Waals surface area contributed by atoms with E-state index in [2.05, 4.69) is 38.2 Å². The largest absolute Gasteiger partial charge is 0.310 e. The van der Waals surface area contributed by atoms with Crippen LogP contribution in [-0.2, 0) is 30.7 Å². The van der Waals surface area contributed by atoms with Gasteiger partial charge in [-0.15, -0.1) is 0 Å². The maximum absolute atomic E-state index is 12.9. The number of nitrogens with one attached hydrogen (secondary N) is 1. The number of aromatic nitrogens is 4. The summed E-state index contributed by atoms with van der Waals surface area (Å²) in [4.78, 5) is 17.6. The molecule has 8 heteroatoms. The maximum atomic E-state index is 12.9. The smallest absolute Gasteiger partial charge is 0.227 e. The molecule has 2 aromatic carbocycles. The summed E-state index contributed by atoms with van der Waals surface area (Å²) in [6.45, 7) is 5.22. The lowest BCUT2D eigenvalue weighted by Crippen LogP contribution is -2.17. The molecule has 2 aromatic heterocycles. The maximum Gasteiger partial charge on any atom is 0.227 e. The van der Waals surface area contributed by atoms with E-state index in [1.807, 2.05) is 54.9 Å². The Hall–Kier alpha value is -3.63. The Morgan fingerprint density at radius 1 is 1.11 bits per heavy atom. The van der Waals surface area contributed by atoms with E-state index in [0.717, 1.165) is 47.4 Å². The molecule has 0 atom stereocenters. The molecular weight excluding hydrogens is 460 g/mol. The molecule has 0 aliphatic carbocycles. The zero-order chi connectivity index (χ0) is 24.8. The van der Waals surface area contributed by atoms with Crippen molar-refractivity contribution in [3.63, 3.8) is 0 Å². The Morgan fingerprint density at radius 2 is 1.91 bits per heavy atom. The van der Waals surface area contributed by atoms with Crippen LogP contribution in [0.15, 0.2) is 48.5 Å². The van der Waals surface area contributed by atoms with Crippen molar-refractivity contribution in [3.05, 3.63) is 76.1 Å². The van der Waals surface area contributed by atoms with Gasteiger partial charge in [-0.1, -0.05) is 41.9 Å². The van der Waals surface area contributed by atoms with E-state index < -0.39 is 0 Å². The van der Waals surface area contributed by atoms with E-state index in [0.29, 0.717) is 36.8 Å². The van der Waals surface area contributed by atoms with E-state index in [-0.39, 0.29) is 5.91 Å². The first-order valence-corrected chi connectivity index (χ1v) is 12.2. The number of nitrogens with zero attached hydrogens (tertiary/aromatic N) is 5. The van der Waals surface area contributed by atoms with Gasteiger partial charge in [0.15, 0.2) is 0 Å². The van der Waals surface area contributed by atoms with Crippen LogP contribution in [0.5, 0.6) is 0 Å². The van der Waals surface area contributed by atoms with Crippen LogP contribution in [0.1, 0.15) is 41.8 Å². The molecule has 0 saturated heterocycles. The number of fused-ring (bicyclic) bond motifs is 1. The van der Waals surface area contributed by atoms with Gasteiger partial charge in [-0.2, -0.15) is 10.4 Å². The summed E-state index contributed by atoms with van der Waals surface area (Å²) in [5.74, 6) is 0.442. The van der Waals surface area contributed by atoms with Gasteiger partial charge in [-0.25, -0.2) is 4.98 Å². The molecule has 4 aromatic rings. The fraction of sp³-hybridized carbons (Fsp3) is 0.333. The second-order valence-corrected chi connectivity index (χ2v) is 9.07. The van der Waals surface area contributed by atoms with E-state index in [1.165, 1.54) is 5.56 Å². The van der Waals surface area contributed by atoms with Gasteiger partial charge in [0.05, 0.1) is 35.8 Å². The molecule has 0 fully saturated rings. The third-order valence-electron chi connectivity index (χ3n) is 6.22. The molecule has 0 spiro atoms. The van der Waals surface area contributed by atoms with Gasteiger partial charge >= 0.3 is 0 Å². The Bertz CT molecular complexity index is 1370. The molecule has 180 valence electrons. The summed E-state index contributed by atoms with van der Waals surface area (Å²) in [5, 5.41) is 17.0. The Morgan fingerprint density at radius 3 is 2.69 bits per heavy atom. The van der Waals surface area contributed by atoms with E-state index >= 15 is 0 Å². The third-order valence-corrected chi connectivity index (χ3v) is 6.46. The van der Waals surface area contributed by atoms with Gasteiger partial charge in [0, 0.05) is 23.7 Å². The zero-order valence-corrected chi connectivity index (χ0v) is 20.8. The van der Waals surface area contributed by atoms with Crippen LogP contribution in [0, 0.1) is 25.2 Å². The quantitative estimate of drug-likeness (QED) is 0.313. The molecule has 2 heterocycles. The lowest BCUT2D eigenvalue weighted by atomic mass is 10.1. The van der Waals surface area contributed by atoms with Crippen LogP contribution in [0.4, 0.5) is 5.95 Å². The summed E-state index contributed by atoms with van der Waals surface area (Å²) < 4.78 is 3.91. The number of carbonyl (C=O) groups is 1. The molecular formula is C27H29ClN6O. The van der Waals surface area contributed by atoms with Crippen molar-refractivity contribution in [1.82, 2.24) is 19.3 Å². The average molecular weight is 489 g/mol. The Balaban J connectivity index is 1.46. The summed E-state index contributed by atoms with van der Waals surface area (Å²) >= 11 is 6.19. The number of imidazole rings is 1. The number of hydrogen-bond acceptors (Lipinski definition) is 4. The van der Waals surface area contributed by atoms with Gasteiger partial charge in [0.1, 0.15) is 0 Å². The van der Waals surface area contributed by atoms with Gasteiger partial charge in [-0.05, 0) is 62.4 Å². The van der Waals surface area contributed by atoms with Crippen LogP contribution in [0.25, 0.3) is 11.0 Å². The molecule has 1 amide bonds. The van der Waals surface area contributed by atoms with Crippen molar-refractivity contribution >= 4 is 34.5 Å². The standard InChI is InChI=1S/C27H29ClN6O/c1-19-23(20(2)34(32-19)17-7-15-29)12-14-26(35)31-27-30-24-18-22(28)11-13-25(24)33(27)16-6-10-21-8-4-3-5-9-21/h3-5,8-9,11,13,18H,6-7,10,12,14,16-17H2,1-2H3,(H,30,31,35). The summed E-state index contributed by atoms with van der Waals surface area (Å²) in [7, 11) is 0. The highest BCUT2D eigenvalue weighted by Gasteiger charge is 2.16. The number of carbonyl (C=O) groups excluding carboxylic acids is 1. The molecule has 35 heavy (non-hydrogen) atoms. The second kappa shape index (κ2) is 11.2. The molecule has 4 rings (SSSR count). The van der Waals surface area contributed by atoms with E-state index in [4.69, 9.17) is 16.9 Å². The van der Waals surface area contributed by atoms with Crippen LogP contribution in [0.2, 0.25) is 5.02 Å². The van der Waals surface area contributed by atoms with Crippen molar-refractivity contribution in [1.29, 1.82) is 5.26 Å². The van der Waals surface area contributed by atoms with E-state index in [9.17, 15) is 4.79 Å². The lowest BCUT2D eigenvalue weighted by molar-refractivity contribution is -0.116. The number of anilines is 1. The fourth-order valence-electron chi connectivity index (χ4n) is 4.41. The number of nitriles is 1. The number of halogens is 1. The molecule has 7 nitrogen and oxygen atoms in total. The van der Waals surface area contributed by atoms with Crippen molar-refractivity contribution < 1.29 is 4.79 Å². The number of amides is 1. The highest BCUT2D eigenvalue weighted by Crippen LogP contribution is 2.24. The van der Waals surface area contributed by atoms with Crippen LogP contribution >= 0.6 is 11.6 Å². The normalized spacial score (nSPS) is 11.0. The summed E-state index contributed by atoms with van der Waals surface area (Å²) in [5.41, 5.74) is 5.96. The molecule has 0 bridgehead atoms. The molecule has 0 aliphatic heterocycles. The number of benzene rings is 2. The predicted molar refractivity (Wildman–Crippen MR) is 138 cm³/mol. The first-order chi connectivity index (χ1) is 17.0. The lowest BCUT2D eigenvalue weighted by Gasteiger charge is -2.11. The first-order valence-electron chi connectivity index (χ1n) is 11.9. The highest BCUT2D eigenvalue weighted by atomic mass is 35.5. The fourth-order valence-corrected chi connectivity index (χ4v) is 4.57. The third kappa shape index (κ3) is 5.90. The topological polar surface area (TPSA) is 88.5 Å². The number of aryl methyl sites for hydroxylation is 4. The molecule has 0 unspecified atom stereocenters. The second-order valence-electron chi connectivity index (χ2n) is 8.64. The average Bonchev–Trinajstić information content (AvgIpc) is 3.31. The van der Waals surface area contributed by atoms with Crippen molar-refractivity contribution in [2.24, 2.45) is 0 Å². The molecule has 0 saturated carbocycles. The molecule has 1 N–H and O–H groups in total. The Kier molecular flexibility index (Phi) is 7.84. The van der Waals surface area contributed by atoms with E-state index in [1.54, 1.807) is 0 Å². The SMILES string of the molecule is Cc1nn(CCC#N)c(C)c1CCC(=O)Nc1nc2cc(Cl)ccc2n1CCCc1ccccc1. The first kappa shape index (κ1) is 24.5. The predicted octanol–water partition coefficient (Wildman–Crippen LogP) is 5.62. The van der Waals surface area contributed by atoms with Crippen LogP contribution in [-0.4, -0.2) is 25.2 Å². The number of rotatable bonds is 10. The highest BCUT2D eigenvalue weighted by molar-refractivity contribution is 6.31.